The smallest absolute Gasteiger partial charge is 0.312 e. The number of nitrogens with one attached hydrogen (secondary N) is 1. The van der Waals surface area contributed by atoms with Gasteiger partial charge in [0.1, 0.15) is 12.2 Å². The van der Waals surface area contributed by atoms with E-state index in [1.54, 1.807) is 0 Å². The minimum atomic E-state index is -0.981. The number of nitrogens with zero attached hydrogens (tertiary/aromatic N) is 1. The molecule has 0 saturated carbocycles. The van der Waals surface area contributed by atoms with Gasteiger partial charge < -0.3 is 15.2 Å². The second kappa shape index (κ2) is 6.13. The number of hydrogen-bond donors (Lipinski definition) is 2. The lowest BCUT2D eigenvalue weighted by molar-refractivity contribution is -0.386. The lowest BCUT2D eigenvalue weighted by atomic mass is 9.93. The van der Waals surface area contributed by atoms with E-state index < -0.39 is 10.5 Å². The van der Waals surface area contributed by atoms with E-state index in [2.05, 4.69) is 5.32 Å². The first-order valence-electron chi connectivity index (χ1n) is 6.11. The molecule has 6 nitrogen and oxygen atoms in total. The van der Waals surface area contributed by atoms with Gasteiger partial charge in [-0.15, -0.1) is 0 Å². The largest absolute Gasteiger partial charge is 0.484 e. The summed E-state index contributed by atoms with van der Waals surface area (Å²) in [6, 6.07) is 2.44. The Labute approximate surface area is 125 Å². The summed E-state index contributed by atoms with van der Waals surface area (Å²) in [6.07, 6.45) is 1.06. The average molecular weight is 321 g/mol. The molecule has 0 bridgehead atoms. The summed E-state index contributed by atoms with van der Waals surface area (Å²) in [6.45, 7) is 1.35. The molecule has 1 saturated heterocycles. The minimum absolute atomic E-state index is 0.0105. The summed E-state index contributed by atoms with van der Waals surface area (Å²) in [7, 11) is 0. The molecular weight excluding hydrogens is 307 g/mol. The molecule has 0 atom stereocenters. The van der Waals surface area contributed by atoms with Crippen LogP contribution in [0.5, 0.6) is 5.75 Å². The molecule has 0 unspecified atom stereocenters. The van der Waals surface area contributed by atoms with Crippen LogP contribution in [0.25, 0.3) is 0 Å². The summed E-state index contributed by atoms with van der Waals surface area (Å²) >= 11 is 11.6. The van der Waals surface area contributed by atoms with Gasteiger partial charge in [0.05, 0.1) is 15.0 Å². The third-order valence-electron chi connectivity index (χ3n) is 3.23. The van der Waals surface area contributed by atoms with Crippen molar-refractivity contribution in [2.45, 2.75) is 18.4 Å². The lowest BCUT2D eigenvalue weighted by Gasteiger charge is -2.32. The van der Waals surface area contributed by atoms with Crippen LogP contribution in [0.2, 0.25) is 10.0 Å². The standard InChI is InChI=1S/C12H14Cl2N2O4/c13-8-5-10(16(18)19)11(6-9(8)14)20-7-12(17)1-3-15-4-2-12/h5-6,15,17H,1-4,7H2. The Kier molecular flexibility index (Phi) is 4.70. The quantitative estimate of drug-likeness (QED) is 0.657. The van der Waals surface area contributed by atoms with Gasteiger partial charge in [0.15, 0.2) is 5.75 Å². The summed E-state index contributed by atoms with van der Waals surface area (Å²) in [5, 5.41) is 24.6. The molecule has 0 radical (unpaired) electrons. The molecule has 1 aromatic carbocycles. The Hall–Kier alpha value is -1.08. The van der Waals surface area contributed by atoms with E-state index >= 15 is 0 Å². The van der Waals surface area contributed by atoms with Gasteiger partial charge in [0.2, 0.25) is 0 Å². The first kappa shape index (κ1) is 15.3. The van der Waals surface area contributed by atoms with Gasteiger partial charge in [0.25, 0.3) is 0 Å². The Bertz CT molecular complexity index is 518. The Morgan fingerprint density at radius 1 is 1.35 bits per heavy atom. The molecule has 8 heteroatoms. The van der Waals surface area contributed by atoms with Crippen LogP contribution >= 0.6 is 23.2 Å². The van der Waals surface area contributed by atoms with Gasteiger partial charge in [-0.05, 0) is 25.9 Å². The normalized spacial score (nSPS) is 17.8. The van der Waals surface area contributed by atoms with E-state index in [1.807, 2.05) is 0 Å². The van der Waals surface area contributed by atoms with Gasteiger partial charge in [-0.3, -0.25) is 10.1 Å². The van der Waals surface area contributed by atoms with Gasteiger partial charge in [-0.1, -0.05) is 23.2 Å². The molecule has 1 aliphatic heterocycles. The molecule has 2 rings (SSSR count). The van der Waals surface area contributed by atoms with Crippen LogP contribution in [-0.2, 0) is 0 Å². The van der Waals surface area contributed by atoms with E-state index in [1.165, 1.54) is 6.07 Å². The van der Waals surface area contributed by atoms with E-state index in [4.69, 9.17) is 27.9 Å². The zero-order valence-corrected chi connectivity index (χ0v) is 12.1. The van der Waals surface area contributed by atoms with Crippen molar-refractivity contribution in [3.8, 4) is 5.75 Å². The minimum Gasteiger partial charge on any atom is -0.484 e. The molecule has 0 aliphatic carbocycles. The number of halogens is 2. The highest BCUT2D eigenvalue weighted by atomic mass is 35.5. The van der Waals surface area contributed by atoms with Crippen molar-refractivity contribution in [3.63, 3.8) is 0 Å². The Morgan fingerprint density at radius 3 is 2.55 bits per heavy atom. The molecule has 0 amide bonds. The number of benzene rings is 1. The van der Waals surface area contributed by atoms with Gasteiger partial charge in [-0.25, -0.2) is 0 Å². The monoisotopic (exact) mass is 320 g/mol. The van der Waals surface area contributed by atoms with E-state index in [0.29, 0.717) is 25.9 Å². The van der Waals surface area contributed by atoms with Crippen molar-refractivity contribution in [2.24, 2.45) is 0 Å². The molecule has 1 aromatic rings. The number of piperidine rings is 1. The topological polar surface area (TPSA) is 84.6 Å². The van der Waals surface area contributed by atoms with Crippen LogP contribution < -0.4 is 10.1 Å². The molecular formula is C12H14Cl2N2O4. The van der Waals surface area contributed by atoms with Crippen molar-refractivity contribution in [3.05, 3.63) is 32.3 Å². The maximum atomic E-state index is 11.0. The second-order valence-electron chi connectivity index (χ2n) is 4.75. The maximum Gasteiger partial charge on any atom is 0.312 e. The fraction of sp³-hybridized carbons (Fsp3) is 0.500. The molecule has 20 heavy (non-hydrogen) atoms. The first-order valence-corrected chi connectivity index (χ1v) is 6.86. The molecule has 1 heterocycles. The highest BCUT2D eigenvalue weighted by molar-refractivity contribution is 6.42. The van der Waals surface area contributed by atoms with Crippen molar-refractivity contribution in [2.75, 3.05) is 19.7 Å². The lowest BCUT2D eigenvalue weighted by Crippen LogP contribution is -2.46. The van der Waals surface area contributed by atoms with Crippen molar-refractivity contribution in [1.29, 1.82) is 0 Å². The summed E-state index contributed by atoms with van der Waals surface area (Å²) in [5.74, 6) is 0.0105. The molecule has 0 spiro atoms. The number of aliphatic hydroxyl groups is 1. The molecule has 2 N–H and O–H groups in total. The van der Waals surface area contributed by atoms with Gasteiger partial charge >= 0.3 is 5.69 Å². The zero-order valence-electron chi connectivity index (χ0n) is 10.6. The molecule has 1 aliphatic rings. The second-order valence-corrected chi connectivity index (χ2v) is 5.57. The van der Waals surface area contributed by atoms with Crippen LogP contribution in [0.15, 0.2) is 12.1 Å². The highest BCUT2D eigenvalue weighted by Crippen LogP contribution is 2.36. The Morgan fingerprint density at radius 2 is 1.95 bits per heavy atom. The third-order valence-corrected chi connectivity index (χ3v) is 3.95. The van der Waals surface area contributed by atoms with Crippen LogP contribution in [0.3, 0.4) is 0 Å². The van der Waals surface area contributed by atoms with Crippen molar-refractivity contribution >= 4 is 28.9 Å². The van der Waals surface area contributed by atoms with Crippen LogP contribution in [-0.4, -0.2) is 35.3 Å². The molecule has 110 valence electrons. The number of rotatable bonds is 4. The van der Waals surface area contributed by atoms with Crippen molar-refractivity contribution in [1.82, 2.24) is 5.32 Å². The summed E-state index contributed by atoms with van der Waals surface area (Å²) < 4.78 is 5.41. The molecule has 0 aromatic heterocycles. The number of nitro groups is 1. The maximum absolute atomic E-state index is 11.0. The van der Waals surface area contributed by atoms with E-state index in [9.17, 15) is 15.2 Å². The fourth-order valence-electron chi connectivity index (χ4n) is 2.02. The van der Waals surface area contributed by atoms with Crippen LogP contribution in [0, 0.1) is 10.1 Å². The predicted octanol–water partition coefficient (Wildman–Crippen LogP) is 2.39. The number of nitro benzene ring substituents is 1. The Balaban J connectivity index is 2.16. The third kappa shape index (κ3) is 3.52. The van der Waals surface area contributed by atoms with Gasteiger partial charge in [-0.2, -0.15) is 0 Å². The van der Waals surface area contributed by atoms with Crippen molar-refractivity contribution < 1.29 is 14.8 Å². The SMILES string of the molecule is O=[N+]([O-])c1cc(Cl)c(Cl)cc1OCC1(O)CCNCC1. The number of hydrogen-bond acceptors (Lipinski definition) is 5. The summed E-state index contributed by atoms with van der Waals surface area (Å²) in [5.41, 5.74) is -1.25. The number of ether oxygens (including phenoxy) is 1. The van der Waals surface area contributed by atoms with E-state index in [-0.39, 0.29) is 28.1 Å². The van der Waals surface area contributed by atoms with Gasteiger partial charge in [0, 0.05) is 12.1 Å². The van der Waals surface area contributed by atoms with Crippen LogP contribution in [0.4, 0.5) is 5.69 Å². The predicted molar refractivity (Wildman–Crippen MR) is 75.7 cm³/mol. The average Bonchev–Trinajstić information content (AvgIpc) is 2.40. The molecule has 1 fully saturated rings. The fourth-order valence-corrected chi connectivity index (χ4v) is 2.34. The first-order chi connectivity index (χ1) is 9.41. The van der Waals surface area contributed by atoms with E-state index in [0.717, 1.165) is 6.07 Å². The van der Waals surface area contributed by atoms with Crippen LogP contribution in [0.1, 0.15) is 12.8 Å². The zero-order chi connectivity index (χ0) is 14.8. The highest BCUT2D eigenvalue weighted by Gasteiger charge is 2.31. The summed E-state index contributed by atoms with van der Waals surface area (Å²) in [4.78, 5) is 10.4.